The Morgan fingerprint density at radius 2 is 1.97 bits per heavy atom. The Hall–Kier alpha value is -1.97. The first-order valence-corrected chi connectivity index (χ1v) is 11.9. The number of aliphatic hydroxyl groups excluding tert-OH is 1. The largest absolute Gasteiger partial charge is 0.474 e. The van der Waals surface area contributed by atoms with Crippen LogP contribution in [0.4, 0.5) is 13.2 Å². The van der Waals surface area contributed by atoms with Crippen molar-refractivity contribution < 1.29 is 23.0 Å². The molecule has 0 unspecified atom stereocenters. The van der Waals surface area contributed by atoms with Gasteiger partial charge in [0.25, 0.3) is 0 Å². The summed E-state index contributed by atoms with van der Waals surface area (Å²) in [6, 6.07) is 5.30. The molecule has 8 nitrogen and oxygen atoms in total. The number of ether oxygens (including phenoxy) is 1. The minimum absolute atomic E-state index is 0.0169. The van der Waals surface area contributed by atoms with E-state index in [9.17, 15) is 18.3 Å². The number of hydrogen-bond acceptors (Lipinski definition) is 8. The van der Waals surface area contributed by atoms with Crippen molar-refractivity contribution in [1.82, 2.24) is 25.6 Å². The number of aliphatic hydroxyl groups is 1. The van der Waals surface area contributed by atoms with Gasteiger partial charge >= 0.3 is 6.18 Å². The molecule has 1 atom stereocenters. The number of likely N-dealkylation sites (tertiary alicyclic amines) is 2. The molecule has 188 valence electrons. The van der Waals surface area contributed by atoms with E-state index in [4.69, 9.17) is 10.00 Å². The quantitative estimate of drug-likeness (QED) is 0.485. The maximum Gasteiger partial charge on any atom is 0.433 e. The number of alkyl halides is 3. The number of aromatic nitrogens is 1. The van der Waals surface area contributed by atoms with Crippen LogP contribution in [0.2, 0.25) is 0 Å². The summed E-state index contributed by atoms with van der Waals surface area (Å²) in [4.78, 5) is 8.06. The van der Waals surface area contributed by atoms with Crippen LogP contribution in [-0.4, -0.2) is 76.9 Å². The van der Waals surface area contributed by atoms with Crippen molar-refractivity contribution in [2.24, 2.45) is 0 Å². The van der Waals surface area contributed by atoms with Crippen LogP contribution in [0.5, 0.6) is 5.88 Å². The van der Waals surface area contributed by atoms with Gasteiger partial charge in [-0.25, -0.2) is 10.4 Å². The van der Waals surface area contributed by atoms with Gasteiger partial charge < -0.3 is 9.84 Å². The molecule has 2 saturated heterocycles. The third-order valence-electron chi connectivity index (χ3n) is 7.07. The van der Waals surface area contributed by atoms with Gasteiger partial charge in [-0.1, -0.05) is 0 Å². The van der Waals surface area contributed by atoms with Crippen molar-refractivity contribution in [2.75, 3.05) is 33.2 Å². The van der Waals surface area contributed by atoms with E-state index in [0.717, 1.165) is 44.8 Å². The minimum Gasteiger partial charge on any atom is -0.474 e. The van der Waals surface area contributed by atoms with E-state index in [-0.39, 0.29) is 17.5 Å². The molecule has 0 bridgehead atoms. The van der Waals surface area contributed by atoms with Crippen molar-refractivity contribution in [3.8, 4) is 11.9 Å². The molecule has 4 rings (SSSR count). The molecule has 3 fully saturated rings. The zero-order valence-electron chi connectivity index (χ0n) is 19.4. The van der Waals surface area contributed by atoms with E-state index in [1.54, 1.807) is 13.1 Å². The minimum atomic E-state index is -4.55. The van der Waals surface area contributed by atoms with E-state index >= 15 is 0 Å². The summed E-state index contributed by atoms with van der Waals surface area (Å²) in [5, 5.41) is 18.8. The predicted octanol–water partition coefficient (Wildman–Crippen LogP) is 2.05. The predicted molar refractivity (Wildman–Crippen MR) is 119 cm³/mol. The van der Waals surface area contributed by atoms with Crippen LogP contribution in [0.3, 0.4) is 0 Å². The Kier molecular flexibility index (Phi) is 7.64. The molecule has 1 aromatic rings. The third kappa shape index (κ3) is 5.98. The Morgan fingerprint density at radius 1 is 1.24 bits per heavy atom. The van der Waals surface area contributed by atoms with Crippen LogP contribution < -0.4 is 15.6 Å². The maximum atomic E-state index is 13.5. The van der Waals surface area contributed by atoms with Gasteiger partial charge in [0.1, 0.15) is 11.8 Å². The second kappa shape index (κ2) is 10.3. The fraction of sp³-hybridized carbons (Fsp3) is 0.739. The number of hydrazine groups is 1. The molecule has 0 radical (unpaired) electrons. The average Bonchev–Trinajstić information content (AvgIpc) is 3.16. The zero-order valence-corrected chi connectivity index (χ0v) is 19.4. The fourth-order valence-corrected chi connectivity index (χ4v) is 5.41. The van der Waals surface area contributed by atoms with Crippen molar-refractivity contribution in [2.45, 2.75) is 75.0 Å². The standard InChI is InChI=1S/C23H33F3N6O2/c1-28-30-22(7-8-27)14-32(15-22)17-2-4-19(5-3-17)34-21-11-16(10-20(29-21)23(24,25)26)12-31-9-6-18(33)13-31/h10-11,17-19,28,30,33H,2-7,9,12-15H2,1H3/t17?,18-,19?/m1/s1. The van der Waals surface area contributed by atoms with Crippen molar-refractivity contribution >= 4 is 0 Å². The molecule has 2 aliphatic heterocycles. The SMILES string of the molecule is CNNC1(CC#N)CN(C2CCC(Oc3cc(CN4CC[C@@H](O)C4)cc(C(F)(F)F)n3)CC2)C1. The first-order valence-electron chi connectivity index (χ1n) is 11.9. The van der Waals surface area contributed by atoms with E-state index in [0.29, 0.717) is 44.1 Å². The van der Waals surface area contributed by atoms with Crippen LogP contribution in [0.15, 0.2) is 12.1 Å². The second-order valence-electron chi connectivity index (χ2n) is 9.82. The van der Waals surface area contributed by atoms with Crippen LogP contribution in [0, 0.1) is 11.3 Å². The number of rotatable bonds is 8. The highest BCUT2D eigenvalue weighted by molar-refractivity contribution is 5.27. The summed E-state index contributed by atoms with van der Waals surface area (Å²) >= 11 is 0. The van der Waals surface area contributed by atoms with Crippen LogP contribution in [-0.2, 0) is 12.7 Å². The zero-order chi connectivity index (χ0) is 24.3. The molecule has 0 amide bonds. The van der Waals surface area contributed by atoms with Crippen molar-refractivity contribution in [1.29, 1.82) is 5.26 Å². The van der Waals surface area contributed by atoms with Gasteiger partial charge in [-0.3, -0.25) is 15.2 Å². The van der Waals surface area contributed by atoms with Gasteiger partial charge in [-0.05, 0) is 50.8 Å². The topological polar surface area (TPSA) is 96.7 Å². The lowest BCUT2D eigenvalue weighted by atomic mass is 9.82. The average molecular weight is 483 g/mol. The Balaban J connectivity index is 1.34. The molecule has 1 aromatic heterocycles. The van der Waals surface area contributed by atoms with Gasteiger partial charge in [0, 0.05) is 44.8 Å². The van der Waals surface area contributed by atoms with Crippen LogP contribution >= 0.6 is 0 Å². The lowest BCUT2D eigenvalue weighted by Gasteiger charge is -2.53. The lowest BCUT2D eigenvalue weighted by Crippen LogP contribution is -2.73. The fourth-order valence-electron chi connectivity index (χ4n) is 5.41. The molecule has 3 aliphatic rings. The molecule has 1 saturated carbocycles. The molecular weight excluding hydrogens is 449 g/mol. The maximum absolute atomic E-state index is 13.5. The molecule has 0 aromatic carbocycles. The highest BCUT2D eigenvalue weighted by Crippen LogP contribution is 2.35. The number of pyridine rings is 1. The van der Waals surface area contributed by atoms with Crippen LogP contribution in [0.1, 0.15) is 49.8 Å². The highest BCUT2D eigenvalue weighted by atomic mass is 19.4. The number of nitrogens with zero attached hydrogens (tertiary/aromatic N) is 4. The van der Waals surface area contributed by atoms with Crippen molar-refractivity contribution in [3.63, 3.8) is 0 Å². The monoisotopic (exact) mass is 482 g/mol. The highest BCUT2D eigenvalue weighted by Gasteiger charge is 2.46. The summed E-state index contributed by atoms with van der Waals surface area (Å²) < 4.78 is 46.3. The van der Waals surface area contributed by atoms with Crippen molar-refractivity contribution in [3.05, 3.63) is 23.4 Å². The number of β-amino-alcohol motifs (C(OH)–C–C–N with tert-alkyl or cyclic N) is 1. The summed E-state index contributed by atoms with van der Waals surface area (Å²) in [6.07, 6.45) is -0.810. The number of hydrogen-bond donors (Lipinski definition) is 3. The lowest BCUT2D eigenvalue weighted by molar-refractivity contribution is -0.141. The van der Waals surface area contributed by atoms with Crippen LogP contribution in [0.25, 0.3) is 0 Å². The molecule has 34 heavy (non-hydrogen) atoms. The Morgan fingerprint density at radius 3 is 2.56 bits per heavy atom. The number of halogens is 3. The van der Waals surface area contributed by atoms with E-state index in [2.05, 4.69) is 26.8 Å². The Bertz CT molecular complexity index is 878. The Labute approximate surface area is 198 Å². The number of nitrogens with one attached hydrogen (secondary N) is 2. The van der Waals surface area contributed by atoms with E-state index in [1.165, 1.54) is 0 Å². The first kappa shape index (κ1) is 25.1. The summed E-state index contributed by atoms with van der Waals surface area (Å²) in [5.74, 6) is 0.0169. The van der Waals surface area contributed by atoms with Gasteiger partial charge in [-0.2, -0.15) is 18.4 Å². The third-order valence-corrected chi connectivity index (χ3v) is 7.07. The molecule has 1 aliphatic carbocycles. The molecule has 3 heterocycles. The van der Waals surface area contributed by atoms with Gasteiger partial charge in [0.15, 0.2) is 0 Å². The molecular formula is C23H33F3N6O2. The van der Waals surface area contributed by atoms with Gasteiger partial charge in [0.05, 0.1) is 24.1 Å². The van der Waals surface area contributed by atoms with E-state index in [1.807, 2.05) is 4.90 Å². The smallest absolute Gasteiger partial charge is 0.433 e. The normalized spacial score (nSPS) is 27.8. The summed E-state index contributed by atoms with van der Waals surface area (Å²) in [6.45, 7) is 3.02. The molecule has 0 spiro atoms. The second-order valence-corrected chi connectivity index (χ2v) is 9.82. The van der Waals surface area contributed by atoms with Gasteiger partial charge in [0.2, 0.25) is 5.88 Å². The van der Waals surface area contributed by atoms with Gasteiger partial charge in [-0.15, -0.1) is 0 Å². The molecule has 3 N–H and O–H groups in total. The molecule has 11 heteroatoms. The van der Waals surface area contributed by atoms with E-state index < -0.39 is 18.0 Å². The summed E-state index contributed by atoms with van der Waals surface area (Å²) in [5.41, 5.74) is 5.47. The first-order chi connectivity index (χ1) is 16.2. The summed E-state index contributed by atoms with van der Waals surface area (Å²) in [7, 11) is 1.80. The number of nitriles is 1.